The van der Waals surface area contributed by atoms with Crippen LogP contribution in [0.15, 0.2) is 84.9 Å². The van der Waals surface area contributed by atoms with Crippen LogP contribution in [0.25, 0.3) is 0 Å². The molecule has 0 aliphatic rings. The summed E-state index contributed by atoms with van der Waals surface area (Å²) in [5.41, 5.74) is 5.86. The predicted octanol–water partition coefficient (Wildman–Crippen LogP) is 6.21. The smallest absolute Gasteiger partial charge is 0.383 e. The molecular weight excluding hydrogens is 411 g/mol. The molecule has 3 N–H and O–H groups in total. The lowest BCUT2D eigenvalue weighted by molar-refractivity contribution is -0.137. The molecule has 0 aromatic heterocycles. The molecule has 2 nitrogen and oxygen atoms in total. The summed E-state index contributed by atoms with van der Waals surface area (Å²) >= 11 is 6.64. The third-order valence-electron chi connectivity index (χ3n) is 5.08. The van der Waals surface area contributed by atoms with Crippen LogP contribution >= 0.6 is 11.6 Å². The van der Waals surface area contributed by atoms with E-state index in [1.54, 1.807) is 6.92 Å². The lowest BCUT2D eigenvalue weighted by Gasteiger charge is -2.38. The second-order valence-electron chi connectivity index (χ2n) is 7.21. The molecule has 6 heteroatoms. The molecule has 160 valence electrons. The van der Waals surface area contributed by atoms with Crippen LogP contribution < -0.4 is 5.73 Å². The highest BCUT2D eigenvalue weighted by Gasteiger charge is 2.44. The molecule has 2 unspecified atom stereocenters. The average molecular weight is 436 g/mol. The number of aliphatic hydroxyl groups is 1. The Morgan fingerprint density at radius 1 is 0.733 bits per heavy atom. The van der Waals surface area contributed by atoms with Gasteiger partial charge in [-0.05, 0) is 42.7 Å². The minimum atomic E-state index is -4.26. The van der Waals surface area contributed by atoms with Crippen molar-refractivity contribution in [3.05, 3.63) is 107 Å². The van der Waals surface area contributed by atoms with E-state index in [4.69, 9.17) is 17.3 Å². The van der Waals surface area contributed by atoms with Crippen LogP contribution in [-0.4, -0.2) is 5.11 Å². The third kappa shape index (κ3) is 5.63. The van der Waals surface area contributed by atoms with Crippen molar-refractivity contribution in [2.75, 3.05) is 0 Å². The van der Waals surface area contributed by atoms with Crippen molar-refractivity contribution in [1.29, 1.82) is 0 Å². The zero-order valence-corrected chi connectivity index (χ0v) is 17.6. The van der Waals surface area contributed by atoms with Gasteiger partial charge in [-0.25, -0.2) is 0 Å². The van der Waals surface area contributed by atoms with Gasteiger partial charge in [0.15, 0.2) is 0 Å². The van der Waals surface area contributed by atoms with Gasteiger partial charge in [-0.1, -0.05) is 72.8 Å². The summed E-state index contributed by atoms with van der Waals surface area (Å²) in [5, 5.41) is 10.8. The second-order valence-corrected chi connectivity index (χ2v) is 7.96. The van der Waals surface area contributed by atoms with E-state index in [1.165, 1.54) is 12.1 Å². The molecule has 3 aromatic carbocycles. The van der Waals surface area contributed by atoms with Gasteiger partial charge >= 0.3 is 6.18 Å². The molecule has 0 heterocycles. The molecule has 0 saturated carbocycles. The van der Waals surface area contributed by atoms with Gasteiger partial charge in [0, 0.05) is 6.54 Å². The van der Waals surface area contributed by atoms with E-state index >= 15 is 0 Å². The third-order valence-corrected chi connectivity index (χ3v) is 5.67. The van der Waals surface area contributed by atoms with E-state index in [0.29, 0.717) is 5.56 Å². The van der Waals surface area contributed by atoms with Gasteiger partial charge < -0.3 is 10.8 Å². The highest BCUT2D eigenvalue weighted by atomic mass is 35.5. The van der Waals surface area contributed by atoms with Crippen molar-refractivity contribution in [2.24, 2.45) is 5.73 Å². The topological polar surface area (TPSA) is 46.2 Å². The van der Waals surface area contributed by atoms with Crippen LogP contribution in [0, 0.1) is 0 Å². The summed E-state index contributed by atoms with van der Waals surface area (Å²) in [6.45, 7) is 3.86. The van der Waals surface area contributed by atoms with Crippen molar-refractivity contribution in [1.82, 2.24) is 0 Å². The predicted molar refractivity (Wildman–Crippen MR) is 115 cm³/mol. The maximum atomic E-state index is 12.0. The van der Waals surface area contributed by atoms with Crippen molar-refractivity contribution < 1.29 is 18.3 Å². The van der Waals surface area contributed by atoms with Crippen LogP contribution in [0.5, 0.6) is 0 Å². The van der Waals surface area contributed by atoms with E-state index in [-0.39, 0.29) is 6.54 Å². The Morgan fingerprint density at radius 3 is 1.57 bits per heavy atom. The lowest BCUT2D eigenvalue weighted by Crippen LogP contribution is -2.40. The second kappa shape index (κ2) is 9.65. The number of rotatable bonds is 4. The fourth-order valence-electron chi connectivity index (χ4n) is 2.90. The SMILES string of the molecule is CC(O)(c1ccccc1)C(C)(Cl)c1ccccc1.NCc1ccc(C(F)(F)F)cc1. The van der Waals surface area contributed by atoms with Crippen molar-refractivity contribution in [3.8, 4) is 0 Å². The summed E-state index contributed by atoms with van der Waals surface area (Å²) in [6.07, 6.45) is -4.26. The number of benzene rings is 3. The summed E-state index contributed by atoms with van der Waals surface area (Å²) in [4.78, 5) is -0.879. The highest BCUT2D eigenvalue weighted by Crippen LogP contribution is 2.45. The highest BCUT2D eigenvalue weighted by molar-refractivity contribution is 6.24. The molecule has 0 saturated heterocycles. The Kier molecular flexibility index (Phi) is 7.70. The molecule has 30 heavy (non-hydrogen) atoms. The molecular formula is C24H25ClF3NO. The van der Waals surface area contributed by atoms with Gasteiger partial charge in [-0.3, -0.25) is 0 Å². The molecule has 0 spiro atoms. The standard InChI is InChI=1S/C16H17ClO.C8H8F3N/c1-15(17,13-9-5-3-6-10-13)16(2,18)14-11-7-4-8-12-14;9-8(10,11)7-3-1-6(5-12)2-4-7/h3-12,18H,1-2H3;1-4H,5,12H2. The Balaban J connectivity index is 0.000000232. The van der Waals surface area contributed by atoms with E-state index in [9.17, 15) is 18.3 Å². The molecule has 2 atom stereocenters. The Morgan fingerprint density at radius 2 is 1.17 bits per heavy atom. The first-order chi connectivity index (χ1) is 14.0. The van der Waals surface area contributed by atoms with Gasteiger partial charge in [-0.15, -0.1) is 11.6 Å². The minimum Gasteiger partial charge on any atom is -0.383 e. The molecule has 0 amide bonds. The van der Waals surface area contributed by atoms with E-state index in [1.807, 2.05) is 67.6 Å². The van der Waals surface area contributed by atoms with Crippen LogP contribution in [0.4, 0.5) is 13.2 Å². The molecule has 3 aromatic rings. The van der Waals surface area contributed by atoms with Gasteiger partial charge in [0.2, 0.25) is 0 Å². The summed E-state index contributed by atoms with van der Waals surface area (Å²) in [5.74, 6) is 0. The number of alkyl halides is 4. The molecule has 0 bridgehead atoms. The van der Waals surface area contributed by atoms with Gasteiger partial charge in [0.05, 0.1) is 10.4 Å². The van der Waals surface area contributed by atoms with Crippen LogP contribution in [0.2, 0.25) is 0 Å². The van der Waals surface area contributed by atoms with Gasteiger partial charge in [-0.2, -0.15) is 13.2 Å². The van der Waals surface area contributed by atoms with E-state index < -0.39 is 22.2 Å². The number of hydrogen-bond acceptors (Lipinski definition) is 2. The lowest BCUT2D eigenvalue weighted by atomic mass is 9.79. The first kappa shape index (κ1) is 23.9. The zero-order valence-electron chi connectivity index (χ0n) is 16.8. The van der Waals surface area contributed by atoms with Crippen LogP contribution in [-0.2, 0) is 23.2 Å². The van der Waals surface area contributed by atoms with Crippen molar-refractivity contribution in [2.45, 2.75) is 37.0 Å². The average Bonchev–Trinajstić information content (AvgIpc) is 2.75. The largest absolute Gasteiger partial charge is 0.416 e. The first-order valence-corrected chi connectivity index (χ1v) is 9.76. The Bertz CT molecular complexity index is 859. The van der Waals surface area contributed by atoms with Gasteiger partial charge in [0.25, 0.3) is 0 Å². The quantitative estimate of drug-likeness (QED) is 0.478. The van der Waals surface area contributed by atoms with Crippen molar-refractivity contribution in [3.63, 3.8) is 0 Å². The first-order valence-electron chi connectivity index (χ1n) is 9.38. The summed E-state index contributed by atoms with van der Waals surface area (Å²) in [7, 11) is 0. The fraction of sp³-hybridized carbons (Fsp3) is 0.250. The molecule has 0 aliphatic heterocycles. The normalized spacial score (nSPS) is 15.3. The Labute approximate surface area is 180 Å². The molecule has 0 aliphatic carbocycles. The summed E-state index contributed by atoms with van der Waals surface area (Å²) in [6, 6.07) is 24.0. The molecule has 3 rings (SSSR count). The molecule has 0 radical (unpaired) electrons. The maximum absolute atomic E-state index is 12.0. The van der Waals surface area contributed by atoms with Crippen LogP contribution in [0.3, 0.4) is 0 Å². The monoisotopic (exact) mass is 435 g/mol. The summed E-state index contributed by atoms with van der Waals surface area (Å²) < 4.78 is 36.0. The number of halogens is 4. The van der Waals surface area contributed by atoms with E-state index in [0.717, 1.165) is 23.3 Å². The fourth-order valence-corrected chi connectivity index (χ4v) is 3.13. The zero-order chi connectivity index (χ0) is 22.4. The number of hydrogen-bond donors (Lipinski definition) is 2. The molecule has 0 fully saturated rings. The Hall–Kier alpha value is -2.34. The minimum absolute atomic E-state index is 0.262. The van der Waals surface area contributed by atoms with Crippen molar-refractivity contribution >= 4 is 11.6 Å². The number of nitrogens with two attached hydrogens (primary N) is 1. The van der Waals surface area contributed by atoms with Crippen LogP contribution in [0.1, 0.15) is 36.1 Å². The maximum Gasteiger partial charge on any atom is 0.416 e. The van der Waals surface area contributed by atoms with Gasteiger partial charge in [0.1, 0.15) is 5.60 Å². The van der Waals surface area contributed by atoms with E-state index in [2.05, 4.69) is 0 Å².